The number of hydrogen-bond donors (Lipinski definition) is 0. The zero-order chi connectivity index (χ0) is 15.7. The van der Waals surface area contributed by atoms with E-state index in [0.717, 1.165) is 47.3 Å². The second kappa shape index (κ2) is 4.15. The monoisotopic (exact) mass is 344 g/mol. The van der Waals surface area contributed by atoms with Gasteiger partial charge in [0.05, 0.1) is 0 Å². The van der Waals surface area contributed by atoms with Crippen LogP contribution in [0.25, 0.3) is 0 Å². The Morgan fingerprint density at radius 2 is 1.04 bits per heavy atom. The normalized spacial score (nSPS) is 64.9. The van der Waals surface area contributed by atoms with E-state index in [9.17, 15) is 0 Å². The van der Waals surface area contributed by atoms with Crippen molar-refractivity contribution in [2.75, 3.05) is 0 Å². The first kappa shape index (κ1) is 13.8. The lowest BCUT2D eigenvalue weighted by Crippen LogP contribution is -2.57. The Labute approximate surface area is 150 Å². The van der Waals surface area contributed by atoms with Gasteiger partial charge in [0.1, 0.15) is 0 Å². The van der Waals surface area contributed by atoms with Crippen LogP contribution in [0.3, 0.4) is 0 Å². The Bertz CT molecular complexity index is 581. The summed E-state index contributed by atoms with van der Waals surface area (Å²) < 4.78 is 13.3. The molecule has 24 heavy (non-hydrogen) atoms. The summed E-state index contributed by atoms with van der Waals surface area (Å²) in [5, 5.41) is 0.516. The van der Waals surface area contributed by atoms with E-state index in [-0.39, 0.29) is 11.2 Å². The van der Waals surface area contributed by atoms with Gasteiger partial charge in [-0.2, -0.15) is 0 Å². The highest BCUT2D eigenvalue weighted by atomic mass is 32.1. The summed E-state index contributed by atoms with van der Waals surface area (Å²) in [7, 11) is 0. The second-order valence-electron chi connectivity index (χ2n) is 10.4. The van der Waals surface area contributed by atoms with Gasteiger partial charge in [0.2, 0.25) is 0 Å². The number of ether oxygens (including phenoxy) is 2. The topological polar surface area (TPSA) is 18.5 Å². The smallest absolute Gasteiger partial charge is 0.353 e. The molecule has 6 saturated carbocycles. The Hall–Kier alpha value is -0.310. The minimum atomic E-state index is -0.0293. The standard InChI is InChI=1S/C21H28O2S/c24-19-22-20(9-13-3-1-11-5-7-15(20)17(11)13)21(23-19)10-14-4-2-12-6-8-16(21)18(12)14/h11-18H,1-10H2/t11-,12-,13+,14+,15-,16-,17-,18+,20+,21+/m1/s1. The third-order valence-electron chi connectivity index (χ3n) is 10.2. The maximum absolute atomic E-state index is 6.64. The van der Waals surface area contributed by atoms with E-state index in [2.05, 4.69) is 0 Å². The van der Waals surface area contributed by atoms with Gasteiger partial charge < -0.3 is 9.47 Å². The van der Waals surface area contributed by atoms with Crippen molar-refractivity contribution in [2.24, 2.45) is 47.3 Å². The largest absolute Gasteiger partial charge is 0.446 e. The molecule has 0 aromatic carbocycles. The van der Waals surface area contributed by atoms with E-state index in [1.54, 1.807) is 0 Å². The molecule has 7 fully saturated rings. The molecular formula is C21H28O2S. The van der Waals surface area contributed by atoms with Crippen LogP contribution in [0.4, 0.5) is 0 Å². The molecule has 6 aliphatic carbocycles. The maximum atomic E-state index is 6.64. The quantitative estimate of drug-likeness (QED) is 0.593. The summed E-state index contributed by atoms with van der Waals surface area (Å²) in [4.78, 5) is 0. The van der Waals surface area contributed by atoms with Crippen LogP contribution in [0.1, 0.15) is 64.2 Å². The highest BCUT2D eigenvalue weighted by Gasteiger charge is 2.79. The SMILES string of the molecule is S=C1O[C@]2(C[C@@H]3CC[C@@H]4CC[C@@H]2[C@H]43)[C@@]2(C[C@@H]3CC[C@@H]4CC[C@@H]2[C@@H]43)O1. The summed E-state index contributed by atoms with van der Waals surface area (Å²) in [5.74, 6) is 7.15. The molecule has 0 amide bonds. The molecule has 7 aliphatic rings. The Balaban J connectivity index is 1.38. The fourth-order valence-electron chi connectivity index (χ4n) is 9.90. The van der Waals surface area contributed by atoms with E-state index in [4.69, 9.17) is 21.7 Å². The van der Waals surface area contributed by atoms with Crippen LogP contribution in [-0.2, 0) is 9.47 Å². The molecule has 0 aromatic rings. The zero-order valence-electron chi connectivity index (χ0n) is 14.4. The molecule has 10 atom stereocenters. The third kappa shape index (κ3) is 1.29. The van der Waals surface area contributed by atoms with E-state index in [1.807, 2.05) is 0 Å². The predicted molar refractivity (Wildman–Crippen MR) is 94.3 cm³/mol. The highest BCUT2D eigenvalue weighted by Crippen LogP contribution is 2.74. The molecule has 3 heteroatoms. The Morgan fingerprint density at radius 1 is 0.625 bits per heavy atom. The fourth-order valence-corrected chi connectivity index (χ4v) is 10.2. The zero-order valence-corrected chi connectivity index (χ0v) is 15.2. The van der Waals surface area contributed by atoms with Crippen molar-refractivity contribution in [1.82, 2.24) is 0 Å². The lowest BCUT2D eigenvalue weighted by molar-refractivity contribution is -0.106. The summed E-state index contributed by atoms with van der Waals surface area (Å²) in [5.41, 5.74) is -0.0586. The van der Waals surface area contributed by atoms with Crippen LogP contribution in [0, 0.1) is 47.3 Å². The van der Waals surface area contributed by atoms with Crippen molar-refractivity contribution in [3.8, 4) is 0 Å². The molecule has 1 aliphatic heterocycles. The van der Waals surface area contributed by atoms with Crippen molar-refractivity contribution in [2.45, 2.75) is 75.4 Å². The molecule has 0 aromatic heterocycles. The first-order valence-corrected chi connectivity index (χ1v) is 11.0. The average Bonchev–Trinajstić information content (AvgIpc) is 3.32. The van der Waals surface area contributed by atoms with Gasteiger partial charge in [0, 0.05) is 24.1 Å². The van der Waals surface area contributed by atoms with Gasteiger partial charge in [-0.25, -0.2) is 0 Å². The van der Waals surface area contributed by atoms with Crippen molar-refractivity contribution < 1.29 is 9.47 Å². The summed E-state index contributed by atoms with van der Waals surface area (Å²) in [6, 6.07) is 0. The predicted octanol–water partition coefficient (Wildman–Crippen LogP) is 4.71. The van der Waals surface area contributed by atoms with Crippen molar-refractivity contribution in [1.29, 1.82) is 0 Å². The number of hydrogen-bond acceptors (Lipinski definition) is 3. The molecule has 1 heterocycles. The number of fused-ring (bicyclic) bond motifs is 3. The van der Waals surface area contributed by atoms with E-state index in [1.165, 1.54) is 64.2 Å². The molecular weight excluding hydrogens is 316 g/mol. The summed E-state index contributed by atoms with van der Waals surface area (Å²) in [6.45, 7) is 0. The number of rotatable bonds is 0. The molecule has 0 bridgehead atoms. The highest BCUT2D eigenvalue weighted by molar-refractivity contribution is 7.79. The van der Waals surface area contributed by atoms with Gasteiger partial charge in [-0.1, -0.05) is 0 Å². The van der Waals surface area contributed by atoms with E-state index < -0.39 is 0 Å². The summed E-state index contributed by atoms with van der Waals surface area (Å²) >= 11 is 5.59. The number of thiocarbonyl (C=S) groups is 1. The van der Waals surface area contributed by atoms with E-state index >= 15 is 0 Å². The van der Waals surface area contributed by atoms with Crippen LogP contribution < -0.4 is 0 Å². The molecule has 2 spiro atoms. The molecule has 0 radical (unpaired) electrons. The molecule has 2 nitrogen and oxygen atoms in total. The van der Waals surface area contributed by atoms with Crippen molar-refractivity contribution in [3.05, 3.63) is 0 Å². The van der Waals surface area contributed by atoms with E-state index in [0.29, 0.717) is 5.24 Å². The second-order valence-corrected chi connectivity index (χ2v) is 10.7. The van der Waals surface area contributed by atoms with Crippen LogP contribution in [0.15, 0.2) is 0 Å². The minimum Gasteiger partial charge on any atom is -0.446 e. The third-order valence-corrected chi connectivity index (χ3v) is 10.4. The first-order chi connectivity index (χ1) is 11.7. The fraction of sp³-hybridized carbons (Fsp3) is 0.952. The van der Waals surface area contributed by atoms with Crippen LogP contribution in [0.5, 0.6) is 0 Å². The molecule has 130 valence electrons. The van der Waals surface area contributed by atoms with Crippen molar-refractivity contribution in [3.63, 3.8) is 0 Å². The van der Waals surface area contributed by atoms with Crippen LogP contribution in [0.2, 0.25) is 0 Å². The molecule has 0 N–H and O–H groups in total. The van der Waals surface area contributed by atoms with Crippen molar-refractivity contribution >= 4 is 17.5 Å². The van der Waals surface area contributed by atoms with Gasteiger partial charge in [-0.05, 0) is 99.7 Å². The average molecular weight is 345 g/mol. The van der Waals surface area contributed by atoms with Crippen LogP contribution in [-0.4, -0.2) is 16.4 Å². The minimum absolute atomic E-state index is 0.0293. The lowest BCUT2D eigenvalue weighted by Gasteiger charge is -2.44. The molecule has 0 unspecified atom stereocenters. The first-order valence-electron chi connectivity index (χ1n) is 10.6. The van der Waals surface area contributed by atoms with Gasteiger partial charge >= 0.3 is 5.24 Å². The Morgan fingerprint density at radius 3 is 1.54 bits per heavy atom. The van der Waals surface area contributed by atoms with Crippen LogP contribution >= 0.6 is 12.2 Å². The summed E-state index contributed by atoms with van der Waals surface area (Å²) in [6.07, 6.45) is 14.0. The molecule has 7 rings (SSSR count). The van der Waals surface area contributed by atoms with Gasteiger partial charge in [0.15, 0.2) is 11.2 Å². The van der Waals surface area contributed by atoms with Gasteiger partial charge in [-0.15, -0.1) is 0 Å². The Kier molecular flexibility index (Phi) is 2.40. The maximum Gasteiger partial charge on any atom is 0.353 e. The van der Waals surface area contributed by atoms with Gasteiger partial charge in [-0.3, -0.25) is 0 Å². The van der Waals surface area contributed by atoms with Gasteiger partial charge in [0.25, 0.3) is 0 Å². The molecule has 1 saturated heterocycles. The lowest BCUT2D eigenvalue weighted by atomic mass is 9.67.